The van der Waals surface area contributed by atoms with Gasteiger partial charge in [0.05, 0.1) is 39.1 Å². The maximum absolute atomic E-state index is 12.9. The molecule has 1 amide bonds. The predicted octanol–water partition coefficient (Wildman–Crippen LogP) is 4.10. The number of unbranched alkanes of at least 4 members (excludes halogenated alkanes) is 5. The third-order valence-corrected chi connectivity index (χ3v) is 6.10. The van der Waals surface area contributed by atoms with Crippen molar-refractivity contribution in [3.63, 3.8) is 0 Å². The average molecular weight is 458 g/mol. The maximum atomic E-state index is 12.9. The Bertz CT molecular complexity index is 993. The Morgan fingerprint density at radius 1 is 1.03 bits per heavy atom. The minimum Gasteiger partial charge on any atom is -0.493 e. The Hall–Kier alpha value is -3.03. The van der Waals surface area contributed by atoms with E-state index in [1.54, 1.807) is 38.4 Å². The van der Waals surface area contributed by atoms with Crippen LogP contribution in [0.15, 0.2) is 16.9 Å². The van der Waals surface area contributed by atoms with Crippen LogP contribution in [0.1, 0.15) is 63.1 Å². The summed E-state index contributed by atoms with van der Waals surface area (Å²) in [7, 11) is 4.63. The predicted molar refractivity (Wildman–Crippen MR) is 127 cm³/mol. The highest BCUT2D eigenvalue weighted by atomic mass is 16.5. The van der Waals surface area contributed by atoms with Crippen molar-refractivity contribution in [2.45, 2.75) is 64.8 Å². The van der Waals surface area contributed by atoms with E-state index in [1.807, 2.05) is 0 Å². The highest BCUT2D eigenvalue weighted by molar-refractivity contribution is 5.76. The normalized spacial score (nSPS) is 12.9. The molecule has 0 saturated carbocycles. The van der Waals surface area contributed by atoms with Crippen LogP contribution >= 0.6 is 0 Å². The van der Waals surface area contributed by atoms with Gasteiger partial charge in [-0.1, -0.05) is 39.0 Å². The molecule has 8 nitrogen and oxygen atoms in total. The summed E-state index contributed by atoms with van der Waals surface area (Å²) in [5.74, 6) is 2.00. The van der Waals surface area contributed by atoms with Gasteiger partial charge in [0.15, 0.2) is 11.5 Å². The first kappa shape index (κ1) is 24.6. The Balaban J connectivity index is 1.73. The molecule has 33 heavy (non-hydrogen) atoms. The lowest BCUT2D eigenvalue weighted by atomic mass is 10.0. The Kier molecular flexibility index (Phi) is 8.74. The Morgan fingerprint density at radius 2 is 1.70 bits per heavy atom. The minimum atomic E-state index is -0.221. The quantitative estimate of drug-likeness (QED) is 0.511. The fraction of sp³-hybridized carbons (Fsp3) is 0.560. The van der Waals surface area contributed by atoms with Gasteiger partial charge in [-0.2, -0.15) is 0 Å². The standard InChI is InChI=1S/C25H35N3O5/c1-5-6-7-8-9-10-11-22(29)28-13-12-19-18(16-28)25(30)27-24(26-19)17-14-20(31-2)23(33-4)21(15-17)32-3/h14-15H,5-13,16H2,1-4H3,(H,26,27,30). The zero-order valence-electron chi connectivity index (χ0n) is 20.2. The zero-order valence-corrected chi connectivity index (χ0v) is 20.2. The van der Waals surface area contributed by atoms with Gasteiger partial charge in [0.1, 0.15) is 5.82 Å². The summed E-state index contributed by atoms with van der Waals surface area (Å²) in [4.78, 5) is 34.9. The molecule has 1 aromatic heterocycles. The molecule has 1 N–H and O–H groups in total. The molecule has 0 unspecified atom stereocenters. The largest absolute Gasteiger partial charge is 0.493 e. The Labute approximate surface area is 195 Å². The molecule has 0 atom stereocenters. The van der Waals surface area contributed by atoms with Crippen molar-refractivity contribution in [1.82, 2.24) is 14.9 Å². The summed E-state index contributed by atoms with van der Waals surface area (Å²) in [6.07, 6.45) is 7.96. The first-order valence-corrected chi connectivity index (χ1v) is 11.7. The third-order valence-electron chi connectivity index (χ3n) is 6.10. The summed E-state index contributed by atoms with van der Waals surface area (Å²) in [6, 6.07) is 3.51. The smallest absolute Gasteiger partial charge is 0.256 e. The number of aromatic amines is 1. The fourth-order valence-corrected chi connectivity index (χ4v) is 4.21. The van der Waals surface area contributed by atoms with Crippen LogP contribution in [0.25, 0.3) is 11.4 Å². The molecule has 0 bridgehead atoms. The lowest BCUT2D eigenvalue weighted by Crippen LogP contribution is -2.39. The molecule has 0 fully saturated rings. The van der Waals surface area contributed by atoms with E-state index in [9.17, 15) is 9.59 Å². The molecule has 0 saturated heterocycles. The topological polar surface area (TPSA) is 93.8 Å². The summed E-state index contributed by atoms with van der Waals surface area (Å²) >= 11 is 0. The summed E-state index contributed by atoms with van der Waals surface area (Å²) in [6.45, 7) is 3.08. The van der Waals surface area contributed by atoms with Crippen LogP contribution in [0.5, 0.6) is 17.2 Å². The van der Waals surface area contributed by atoms with E-state index in [0.29, 0.717) is 60.1 Å². The van der Waals surface area contributed by atoms with Gasteiger partial charge >= 0.3 is 0 Å². The third kappa shape index (κ3) is 5.86. The number of carbonyl (C=O) groups is 1. The molecule has 0 radical (unpaired) electrons. The molecule has 1 aliphatic heterocycles. The number of hydrogen-bond acceptors (Lipinski definition) is 6. The number of nitrogens with one attached hydrogen (secondary N) is 1. The van der Waals surface area contributed by atoms with E-state index >= 15 is 0 Å². The van der Waals surface area contributed by atoms with Crippen LogP contribution < -0.4 is 19.8 Å². The van der Waals surface area contributed by atoms with Crippen LogP contribution in [0.2, 0.25) is 0 Å². The number of aromatic nitrogens is 2. The number of benzene rings is 1. The maximum Gasteiger partial charge on any atom is 0.256 e. The lowest BCUT2D eigenvalue weighted by Gasteiger charge is -2.28. The molecule has 1 aromatic carbocycles. The van der Waals surface area contributed by atoms with E-state index in [0.717, 1.165) is 18.5 Å². The van der Waals surface area contributed by atoms with Crippen molar-refractivity contribution in [1.29, 1.82) is 0 Å². The van der Waals surface area contributed by atoms with Crippen molar-refractivity contribution in [2.75, 3.05) is 27.9 Å². The molecule has 1 aliphatic rings. The van der Waals surface area contributed by atoms with Crippen LogP contribution in [-0.2, 0) is 17.8 Å². The molecular formula is C25H35N3O5. The SMILES string of the molecule is CCCCCCCCC(=O)N1CCc2nc(-c3cc(OC)c(OC)c(OC)c3)[nH]c(=O)c2C1. The summed E-state index contributed by atoms with van der Waals surface area (Å²) in [5, 5.41) is 0. The fourth-order valence-electron chi connectivity index (χ4n) is 4.21. The molecule has 0 spiro atoms. The van der Waals surface area contributed by atoms with Crippen molar-refractivity contribution in [3.05, 3.63) is 33.7 Å². The number of rotatable bonds is 11. The molecule has 0 aliphatic carbocycles. The molecular weight excluding hydrogens is 422 g/mol. The second-order valence-electron chi connectivity index (χ2n) is 8.34. The van der Waals surface area contributed by atoms with Gasteiger partial charge in [-0.05, 0) is 18.6 Å². The van der Waals surface area contributed by atoms with Crippen LogP contribution in [0.4, 0.5) is 0 Å². The molecule has 2 heterocycles. The summed E-state index contributed by atoms with van der Waals surface area (Å²) < 4.78 is 16.2. The van der Waals surface area contributed by atoms with E-state index in [1.165, 1.54) is 25.7 Å². The number of fused-ring (bicyclic) bond motifs is 1. The van der Waals surface area contributed by atoms with Crippen molar-refractivity contribution >= 4 is 5.91 Å². The molecule has 180 valence electrons. The van der Waals surface area contributed by atoms with Crippen molar-refractivity contribution in [2.24, 2.45) is 0 Å². The van der Waals surface area contributed by atoms with Crippen molar-refractivity contribution in [3.8, 4) is 28.6 Å². The van der Waals surface area contributed by atoms with E-state index < -0.39 is 0 Å². The highest BCUT2D eigenvalue weighted by Crippen LogP contribution is 2.40. The van der Waals surface area contributed by atoms with E-state index in [-0.39, 0.29) is 11.5 Å². The second-order valence-corrected chi connectivity index (χ2v) is 8.34. The number of H-pyrrole nitrogens is 1. The van der Waals surface area contributed by atoms with Gasteiger partial charge in [-0.3, -0.25) is 9.59 Å². The van der Waals surface area contributed by atoms with Gasteiger partial charge in [0.25, 0.3) is 5.56 Å². The van der Waals surface area contributed by atoms with Gasteiger partial charge in [0, 0.05) is 24.9 Å². The average Bonchev–Trinajstić information content (AvgIpc) is 2.84. The van der Waals surface area contributed by atoms with Gasteiger partial charge < -0.3 is 24.1 Å². The highest BCUT2D eigenvalue weighted by Gasteiger charge is 2.25. The minimum absolute atomic E-state index is 0.115. The van der Waals surface area contributed by atoms with Crippen LogP contribution in [0.3, 0.4) is 0 Å². The number of nitrogens with zero attached hydrogens (tertiary/aromatic N) is 2. The van der Waals surface area contributed by atoms with Crippen LogP contribution in [-0.4, -0.2) is 48.6 Å². The molecule has 8 heteroatoms. The zero-order chi connectivity index (χ0) is 23.8. The number of hydrogen-bond donors (Lipinski definition) is 1. The van der Waals surface area contributed by atoms with Crippen LogP contribution in [0, 0.1) is 0 Å². The number of methoxy groups -OCH3 is 3. The van der Waals surface area contributed by atoms with E-state index in [4.69, 9.17) is 19.2 Å². The number of carbonyl (C=O) groups excluding carboxylic acids is 1. The lowest BCUT2D eigenvalue weighted by molar-refractivity contribution is -0.132. The van der Waals surface area contributed by atoms with Gasteiger partial charge in [0.2, 0.25) is 11.7 Å². The Morgan fingerprint density at radius 3 is 2.33 bits per heavy atom. The number of amides is 1. The van der Waals surface area contributed by atoms with Crippen molar-refractivity contribution < 1.29 is 19.0 Å². The molecule has 2 aromatic rings. The first-order valence-electron chi connectivity index (χ1n) is 11.7. The first-order chi connectivity index (χ1) is 16.0. The van der Waals surface area contributed by atoms with Gasteiger partial charge in [-0.15, -0.1) is 0 Å². The van der Waals surface area contributed by atoms with Gasteiger partial charge in [-0.25, -0.2) is 4.98 Å². The number of ether oxygens (including phenoxy) is 3. The summed E-state index contributed by atoms with van der Waals surface area (Å²) in [5.41, 5.74) is 1.73. The van der Waals surface area contributed by atoms with E-state index in [2.05, 4.69) is 11.9 Å². The second kappa shape index (κ2) is 11.7. The monoisotopic (exact) mass is 457 g/mol. The molecule has 3 rings (SSSR count).